The van der Waals surface area contributed by atoms with E-state index in [0.717, 1.165) is 12.2 Å². The number of ether oxygens (including phenoxy) is 1. The lowest BCUT2D eigenvalue weighted by molar-refractivity contribution is -0.116. The first kappa shape index (κ1) is 13.7. The van der Waals surface area contributed by atoms with Crippen molar-refractivity contribution < 1.29 is 9.53 Å². The Labute approximate surface area is 106 Å². The van der Waals surface area contributed by atoms with Crippen molar-refractivity contribution in [1.82, 2.24) is 0 Å². The number of methoxy groups -OCH3 is 1. The minimum atomic E-state index is 0.00196. The summed E-state index contributed by atoms with van der Waals surface area (Å²) in [5.41, 5.74) is 6.91. The van der Waals surface area contributed by atoms with Crippen LogP contribution in [0.3, 0.4) is 0 Å². The van der Waals surface area contributed by atoms with Gasteiger partial charge >= 0.3 is 0 Å². The fourth-order valence-corrected chi connectivity index (χ4v) is 1.83. The standard InChI is InChI=1S/C12H18N2O2S/c1-16-11-8-9(13)5-6-10(11)14-12(15)4-3-7-17-2/h5-6,8H,3-4,7,13H2,1-2H3,(H,14,15). The van der Waals surface area contributed by atoms with Crippen LogP contribution in [0.15, 0.2) is 18.2 Å². The highest BCUT2D eigenvalue weighted by molar-refractivity contribution is 7.98. The summed E-state index contributed by atoms with van der Waals surface area (Å²) in [6.07, 6.45) is 3.43. The zero-order valence-corrected chi connectivity index (χ0v) is 11.0. The Morgan fingerprint density at radius 3 is 2.94 bits per heavy atom. The lowest BCUT2D eigenvalue weighted by Gasteiger charge is -2.10. The molecule has 0 spiro atoms. The Hall–Kier alpha value is -1.36. The van der Waals surface area contributed by atoms with Crippen LogP contribution in [-0.2, 0) is 4.79 Å². The molecule has 0 aliphatic heterocycles. The van der Waals surface area contributed by atoms with Crippen molar-refractivity contribution in [2.24, 2.45) is 0 Å². The first-order valence-electron chi connectivity index (χ1n) is 5.39. The lowest BCUT2D eigenvalue weighted by Crippen LogP contribution is -2.12. The maximum absolute atomic E-state index is 11.6. The van der Waals surface area contributed by atoms with Crippen molar-refractivity contribution in [2.75, 3.05) is 30.2 Å². The van der Waals surface area contributed by atoms with E-state index >= 15 is 0 Å². The van der Waals surface area contributed by atoms with Crippen LogP contribution in [0, 0.1) is 0 Å². The van der Waals surface area contributed by atoms with Gasteiger partial charge < -0.3 is 15.8 Å². The molecule has 94 valence electrons. The van der Waals surface area contributed by atoms with Gasteiger partial charge in [0.25, 0.3) is 0 Å². The minimum absolute atomic E-state index is 0.00196. The molecule has 0 aliphatic rings. The summed E-state index contributed by atoms with van der Waals surface area (Å²) in [6.45, 7) is 0. The van der Waals surface area contributed by atoms with Gasteiger partial charge in [-0.05, 0) is 30.6 Å². The van der Waals surface area contributed by atoms with Crippen molar-refractivity contribution in [1.29, 1.82) is 0 Å². The summed E-state index contributed by atoms with van der Waals surface area (Å²) >= 11 is 1.74. The van der Waals surface area contributed by atoms with E-state index in [4.69, 9.17) is 10.5 Å². The lowest BCUT2D eigenvalue weighted by atomic mass is 10.2. The SMILES string of the molecule is COc1cc(N)ccc1NC(=O)CCCSC. The number of nitrogens with two attached hydrogens (primary N) is 1. The van der Waals surface area contributed by atoms with Crippen LogP contribution < -0.4 is 15.8 Å². The van der Waals surface area contributed by atoms with Crippen molar-refractivity contribution in [2.45, 2.75) is 12.8 Å². The number of carbonyl (C=O) groups excluding carboxylic acids is 1. The third-order valence-corrected chi connectivity index (χ3v) is 2.95. The molecule has 0 fully saturated rings. The molecular weight excluding hydrogens is 236 g/mol. The predicted molar refractivity (Wildman–Crippen MR) is 73.7 cm³/mol. The Kier molecular flexibility index (Phi) is 5.69. The van der Waals surface area contributed by atoms with Crippen molar-refractivity contribution >= 4 is 29.0 Å². The molecule has 0 bridgehead atoms. The van der Waals surface area contributed by atoms with E-state index < -0.39 is 0 Å². The van der Waals surface area contributed by atoms with Crippen LogP contribution in [-0.4, -0.2) is 25.0 Å². The fraction of sp³-hybridized carbons (Fsp3) is 0.417. The number of amides is 1. The number of hydrogen-bond donors (Lipinski definition) is 2. The first-order chi connectivity index (χ1) is 8.17. The van der Waals surface area contributed by atoms with Gasteiger partial charge in [0.15, 0.2) is 0 Å². The molecule has 5 heteroatoms. The average molecular weight is 254 g/mol. The Balaban J connectivity index is 2.58. The topological polar surface area (TPSA) is 64.3 Å². The van der Waals surface area contributed by atoms with Gasteiger partial charge in [0.05, 0.1) is 12.8 Å². The summed E-state index contributed by atoms with van der Waals surface area (Å²) < 4.78 is 5.15. The quantitative estimate of drug-likeness (QED) is 0.604. The highest BCUT2D eigenvalue weighted by atomic mass is 32.2. The van der Waals surface area contributed by atoms with Gasteiger partial charge in [0.1, 0.15) is 5.75 Å². The van der Waals surface area contributed by atoms with Crippen molar-refractivity contribution in [3.05, 3.63) is 18.2 Å². The molecule has 0 unspecified atom stereocenters. The summed E-state index contributed by atoms with van der Waals surface area (Å²) in [7, 11) is 1.55. The van der Waals surface area contributed by atoms with Crippen LogP contribution in [0.4, 0.5) is 11.4 Å². The molecule has 1 aromatic rings. The van der Waals surface area contributed by atoms with Crippen LogP contribution >= 0.6 is 11.8 Å². The van der Waals surface area contributed by atoms with E-state index in [1.165, 1.54) is 0 Å². The first-order valence-corrected chi connectivity index (χ1v) is 6.79. The predicted octanol–water partition coefficient (Wildman–Crippen LogP) is 2.36. The van der Waals surface area contributed by atoms with Gasteiger partial charge in [-0.25, -0.2) is 0 Å². The molecule has 3 N–H and O–H groups in total. The molecule has 0 atom stereocenters. The van der Waals surface area contributed by atoms with Crippen molar-refractivity contribution in [3.8, 4) is 5.75 Å². The molecule has 0 heterocycles. The number of thioether (sulfide) groups is 1. The summed E-state index contributed by atoms with van der Waals surface area (Å²) in [6, 6.07) is 5.18. The second-order valence-corrected chi connectivity index (χ2v) is 4.59. The van der Waals surface area contributed by atoms with E-state index in [2.05, 4.69) is 5.32 Å². The van der Waals surface area contributed by atoms with Gasteiger partial charge in [-0.3, -0.25) is 4.79 Å². The zero-order valence-electron chi connectivity index (χ0n) is 10.2. The molecule has 1 amide bonds. The van der Waals surface area contributed by atoms with Crippen LogP contribution in [0.25, 0.3) is 0 Å². The molecule has 1 rings (SSSR count). The smallest absolute Gasteiger partial charge is 0.224 e. The van der Waals surface area contributed by atoms with Gasteiger partial charge in [-0.1, -0.05) is 0 Å². The minimum Gasteiger partial charge on any atom is -0.494 e. The number of anilines is 2. The van der Waals surface area contributed by atoms with E-state index in [0.29, 0.717) is 23.5 Å². The maximum Gasteiger partial charge on any atom is 0.224 e. The third-order valence-electron chi connectivity index (χ3n) is 2.25. The third kappa shape index (κ3) is 4.56. The molecule has 4 nitrogen and oxygen atoms in total. The van der Waals surface area contributed by atoms with E-state index in [-0.39, 0.29) is 5.91 Å². The normalized spacial score (nSPS) is 10.0. The van der Waals surface area contributed by atoms with Gasteiger partial charge in [-0.15, -0.1) is 0 Å². The number of benzene rings is 1. The fourth-order valence-electron chi connectivity index (χ4n) is 1.40. The number of carbonyl (C=O) groups is 1. The number of rotatable bonds is 6. The van der Waals surface area contributed by atoms with Gasteiger partial charge in [0.2, 0.25) is 5.91 Å². The largest absolute Gasteiger partial charge is 0.494 e. The van der Waals surface area contributed by atoms with Crippen LogP contribution in [0.2, 0.25) is 0 Å². The second kappa shape index (κ2) is 7.06. The van der Waals surface area contributed by atoms with Gasteiger partial charge in [-0.2, -0.15) is 11.8 Å². The van der Waals surface area contributed by atoms with E-state index in [1.54, 1.807) is 37.1 Å². The Bertz CT molecular complexity index is 383. The summed E-state index contributed by atoms with van der Waals surface area (Å²) in [4.78, 5) is 11.6. The van der Waals surface area contributed by atoms with Gasteiger partial charge in [0, 0.05) is 18.2 Å². The number of nitrogens with one attached hydrogen (secondary N) is 1. The molecule has 0 aromatic heterocycles. The molecular formula is C12H18N2O2S. The van der Waals surface area contributed by atoms with Crippen molar-refractivity contribution in [3.63, 3.8) is 0 Å². The monoisotopic (exact) mass is 254 g/mol. The number of hydrogen-bond acceptors (Lipinski definition) is 4. The van der Waals surface area contributed by atoms with Crippen LogP contribution in [0.5, 0.6) is 5.75 Å². The highest BCUT2D eigenvalue weighted by Gasteiger charge is 2.07. The number of nitrogen functional groups attached to an aromatic ring is 1. The average Bonchev–Trinajstić information content (AvgIpc) is 2.32. The second-order valence-electron chi connectivity index (χ2n) is 3.60. The molecule has 0 saturated heterocycles. The Morgan fingerprint density at radius 2 is 2.29 bits per heavy atom. The molecule has 0 saturated carbocycles. The summed E-state index contributed by atoms with van der Waals surface area (Å²) in [5, 5.41) is 2.82. The zero-order chi connectivity index (χ0) is 12.7. The highest BCUT2D eigenvalue weighted by Crippen LogP contribution is 2.26. The molecule has 17 heavy (non-hydrogen) atoms. The van der Waals surface area contributed by atoms with E-state index in [9.17, 15) is 4.79 Å². The summed E-state index contributed by atoms with van der Waals surface area (Å²) in [5.74, 6) is 1.58. The Morgan fingerprint density at radius 1 is 1.53 bits per heavy atom. The molecule has 1 aromatic carbocycles. The van der Waals surface area contributed by atoms with E-state index in [1.807, 2.05) is 6.26 Å². The maximum atomic E-state index is 11.6. The molecule has 0 aliphatic carbocycles. The van der Waals surface area contributed by atoms with Crippen LogP contribution in [0.1, 0.15) is 12.8 Å². The molecule has 0 radical (unpaired) electrons.